The fraction of sp³-hybridized carbons (Fsp3) is 0.308. The average molecular weight is 346 g/mol. The summed E-state index contributed by atoms with van der Waals surface area (Å²) in [5.41, 5.74) is 6.67. The molecule has 2 rings (SSSR count). The van der Waals surface area contributed by atoms with Gasteiger partial charge in [-0.2, -0.15) is 4.31 Å². The lowest BCUT2D eigenvalue weighted by molar-refractivity contribution is 0.469. The second kappa shape index (κ2) is 5.92. The third-order valence-electron chi connectivity index (χ3n) is 3.10. The van der Waals surface area contributed by atoms with Gasteiger partial charge in [-0.3, -0.25) is 0 Å². The van der Waals surface area contributed by atoms with Crippen molar-refractivity contribution >= 4 is 38.6 Å². The minimum Gasteiger partial charge on any atom is -0.398 e. The number of rotatable bonds is 4. The first-order valence-electron chi connectivity index (χ1n) is 6.15. The summed E-state index contributed by atoms with van der Waals surface area (Å²) in [4.78, 5) is 5.14. The van der Waals surface area contributed by atoms with Crippen molar-refractivity contribution in [1.82, 2.24) is 9.29 Å². The molecular formula is C13H16ClN3O2S2. The topological polar surface area (TPSA) is 76.3 Å². The van der Waals surface area contributed by atoms with E-state index in [9.17, 15) is 8.42 Å². The molecule has 0 saturated heterocycles. The van der Waals surface area contributed by atoms with Crippen molar-refractivity contribution in [3.8, 4) is 0 Å². The molecule has 1 aromatic heterocycles. The lowest BCUT2D eigenvalue weighted by Crippen LogP contribution is -2.27. The van der Waals surface area contributed by atoms with Crippen LogP contribution < -0.4 is 5.73 Å². The van der Waals surface area contributed by atoms with Crippen molar-refractivity contribution in [1.29, 1.82) is 0 Å². The summed E-state index contributed by atoms with van der Waals surface area (Å²) in [6, 6.07) is 2.97. The molecule has 2 N–H and O–H groups in total. The van der Waals surface area contributed by atoms with E-state index >= 15 is 0 Å². The number of aromatic nitrogens is 1. The highest BCUT2D eigenvalue weighted by Crippen LogP contribution is 2.28. The monoisotopic (exact) mass is 345 g/mol. The van der Waals surface area contributed by atoms with E-state index in [2.05, 4.69) is 4.98 Å². The molecule has 0 bridgehead atoms. The van der Waals surface area contributed by atoms with Crippen molar-refractivity contribution < 1.29 is 8.42 Å². The Hall–Kier alpha value is -1.15. The molecule has 5 nitrogen and oxygen atoms in total. The summed E-state index contributed by atoms with van der Waals surface area (Å²) >= 11 is 7.40. The Morgan fingerprint density at radius 2 is 2.05 bits per heavy atom. The van der Waals surface area contributed by atoms with Crippen LogP contribution in [0, 0.1) is 13.8 Å². The van der Waals surface area contributed by atoms with Gasteiger partial charge in [-0.15, -0.1) is 11.3 Å². The Morgan fingerprint density at radius 3 is 2.62 bits per heavy atom. The van der Waals surface area contributed by atoms with Crippen LogP contribution in [0.1, 0.15) is 15.4 Å². The summed E-state index contributed by atoms with van der Waals surface area (Å²) in [5, 5.41) is 1.21. The fourth-order valence-corrected chi connectivity index (χ4v) is 4.54. The van der Waals surface area contributed by atoms with E-state index in [1.54, 1.807) is 19.2 Å². The van der Waals surface area contributed by atoms with Crippen molar-refractivity contribution in [2.75, 3.05) is 12.8 Å². The zero-order valence-corrected chi connectivity index (χ0v) is 14.3. The van der Waals surface area contributed by atoms with Crippen LogP contribution in [0.25, 0.3) is 0 Å². The first kappa shape index (κ1) is 16.2. The summed E-state index contributed by atoms with van der Waals surface area (Å²) in [7, 11) is -2.13. The summed E-state index contributed by atoms with van der Waals surface area (Å²) < 4.78 is 26.6. The number of halogens is 1. The van der Waals surface area contributed by atoms with Crippen molar-refractivity contribution in [2.24, 2.45) is 0 Å². The second-order valence-corrected chi connectivity index (χ2v) is 8.49. The van der Waals surface area contributed by atoms with Crippen LogP contribution in [0.5, 0.6) is 0 Å². The van der Waals surface area contributed by atoms with Gasteiger partial charge in [0.1, 0.15) is 0 Å². The molecule has 1 heterocycles. The lowest BCUT2D eigenvalue weighted by atomic mass is 10.2. The Morgan fingerprint density at radius 1 is 1.38 bits per heavy atom. The van der Waals surface area contributed by atoms with E-state index in [-0.39, 0.29) is 11.4 Å². The van der Waals surface area contributed by atoms with Gasteiger partial charge >= 0.3 is 0 Å². The molecule has 0 saturated carbocycles. The third kappa shape index (κ3) is 3.37. The Kier molecular flexibility index (Phi) is 4.57. The first-order chi connectivity index (χ1) is 9.71. The molecule has 0 amide bonds. The molecule has 114 valence electrons. The minimum atomic E-state index is -3.66. The molecule has 8 heteroatoms. The summed E-state index contributed by atoms with van der Waals surface area (Å²) in [6.07, 6.45) is 1.69. The van der Waals surface area contributed by atoms with Crippen LogP contribution in [0.3, 0.4) is 0 Å². The van der Waals surface area contributed by atoms with Gasteiger partial charge in [0.05, 0.1) is 9.90 Å². The smallest absolute Gasteiger partial charge is 0.243 e. The van der Waals surface area contributed by atoms with Gasteiger partial charge in [-0.05, 0) is 31.5 Å². The van der Waals surface area contributed by atoms with Crippen molar-refractivity contribution in [3.63, 3.8) is 0 Å². The standard InChI is InChI=1S/C13H16ClN3O2S2/c1-8-12(15)4-10(14)5-13(8)21(18,19)17(3)7-11-6-16-9(2)20-11/h4-6H,7,15H2,1-3H3. The van der Waals surface area contributed by atoms with Crippen molar-refractivity contribution in [2.45, 2.75) is 25.3 Å². The number of nitrogens with two attached hydrogens (primary N) is 1. The maximum atomic E-state index is 12.7. The van der Waals surface area contributed by atoms with Gasteiger partial charge < -0.3 is 5.73 Å². The maximum Gasteiger partial charge on any atom is 0.243 e. The second-order valence-electron chi connectivity index (χ2n) is 4.72. The van der Waals surface area contributed by atoms with Gasteiger partial charge in [0, 0.05) is 35.4 Å². The number of nitrogen functional groups attached to an aromatic ring is 1. The number of thiazole rings is 1. The van der Waals surface area contributed by atoms with Crippen LogP contribution in [0.15, 0.2) is 23.2 Å². The molecule has 2 aromatic rings. The zero-order valence-electron chi connectivity index (χ0n) is 11.9. The Balaban J connectivity index is 2.37. The first-order valence-corrected chi connectivity index (χ1v) is 8.78. The number of hydrogen-bond acceptors (Lipinski definition) is 5. The van der Waals surface area contributed by atoms with E-state index in [1.807, 2.05) is 6.92 Å². The van der Waals surface area contributed by atoms with E-state index in [4.69, 9.17) is 17.3 Å². The summed E-state index contributed by atoms with van der Waals surface area (Å²) in [6.45, 7) is 3.81. The molecule has 0 aliphatic carbocycles. The highest BCUT2D eigenvalue weighted by Gasteiger charge is 2.25. The van der Waals surface area contributed by atoms with Gasteiger partial charge in [0.15, 0.2) is 0 Å². The number of hydrogen-bond donors (Lipinski definition) is 1. The number of benzene rings is 1. The fourth-order valence-electron chi connectivity index (χ4n) is 1.89. The van der Waals surface area contributed by atoms with Gasteiger partial charge in [-0.25, -0.2) is 13.4 Å². The molecule has 0 unspecified atom stereocenters. The molecule has 21 heavy (non-hydrogen) atoms. The molecule has 0 atom stereocenters. The van der Waals surface area contributed by atoms with Gasteiger partial charge in [0.25, 0.3) is 0 Å². The van der Waals surface area contributed by atoms with Crippen LogP contribution in [0.4, 0.5) is 5.69 Å². The molecule has 0 aliphatic heterocycles. The summed E-state index contributed by atoms with van der Waals surface area (Å²) in [5.74, 6) is 0. The molecule has 0 fully saturated rings. The lowest BCUT2D eigenvalue weighted by Gasteiger charge is -2.18. The largest absolute Gasteiger partial charge is 0.398 e. The predicted octanol–water partition coefficient (Wildman–Crippen LogP) is 2.82. The average Bonchev–Trinajstić information content (AvgIpc) is 2.79. The number of nitrogens with zero attached hydrogens (tertiary/aromatic N) is 2. The number of sulfonamides is 1. The van der Waals surface area contributed by atoms with Crippen LogP contribution >= 0.6 is 22.9 Å². The van der Waals surface area contributed by atoms with Crippen molar-refractivity contribution in [3.05, 3.63) is 38.8 Å². The SMILES string of the molecule is Cc1ncc(CN(C)S(=O)(=O)c2cc(Cl)cc(N)c2C)s1. The van der Waals surface area contributed by atoms with Crippen LogP contribution in [-0.2, 0) is 16.6 Å². The quantitative estimate of drug-likeness (QED) is 0.864. The number of anilines is 1. The highest BCUT2D eigenvalue weighted by atomic mass is 35.5. The minimum absolute atomic E-state index is 0.135. The molecule has 0 spiro atoms. The van der Waals surface area contributed by atoms with Gasteiger partial charge in [-0.1, -0.05) is 11.6 Å². The third-order valence-corrected chi connectivity index (χ3v) is 6.15. The molecule has 0 radical (unpaired) electrons. The van der Waals surface area contributed by atoms with Crippen LogP contribution in [-0.4, -0.2) is 24.8 Å². The predicted molar refractivity (Wildman–Crippen MR) is 86.1 cm³/mol. The molecule has 0 aliphatic rings. The Bertz CT molecular complexity index is 772. The van der Waals surface area contributed by atoms with Crippen LogP contribution in [0.2, 0.25) is 5.02 Å². The van der Waals surface area contributed by atoms with E-state index in [0.717, 1.165) is 9.88 Å². The van der Waals surface area contributed by atoms with E-state index in [1.165, 1.54) is 28.8 Å². The highest BCUT2D eigenvalue weighted by molar-refractivity contribution is 7.89. The van der Waals surface area contributed by atoms with E-state index < -0.39 is 10.0 Å². The molecular weight excluding hydrogens is 330 g/mol. The maximum absolute atomic E-state index is 12.7. The van der Waals surface area contributed by atoms with Gasteiger partial charge in [0.2, 0.25) is 10.0 Å². The molecule has 1 aromatic carbocycles. The normalized spacial score (nSPS) is 12.0. The zero-order chi connectivity index (χ0) is 15.8. The number of aryl methyl sites for hydroxylation is 1. The Labute approximate surface area is 133 Å². The van der Waals surface area contributed by atoms with E-state index in [0.29, 0.717) is 16.3 Å².